The Morgan fingerprint density at radius 2 is 1.96 bits per heavy atom. The van der Waals surface area contributed by atoms with Crippen LogP contribution in [0.2, 0.25) is 0 Å². The van der Waals surface area contributed by atoms with Crippen molar-refractivity contribution in [2.75, 3.05) is 31.1 Å². The van der Waals surface area contributed by atoms with Gasteiger partial charge in [0.2, 0.25) is 0 Å². The van der Waals surface area contributed by atoms with Gasteiger partial charge in [-0.2, -0.15) is 14.6 Å². The summed E-state index contributed by atoms with van der Waals surface area (Å²) in [6.45, 7) is 6.78. The van der Waals surface area contributed by atoms with Gasteiger partial charge in [0.05, 0.1) is 5.69 Å². The first-order valence-electron chi connectivity index (χ1n) is 7.94. The molecule has 0 unspecified atom stereocenters. The molecule has 0 atom stereocenters. The molecule has 0 N–H and O–H groups in total. The fraction of sp³-hybridized carbons (Fsp3) is 0.375. The Labute approximate surface area is 148 Å². The third-order valence-corrected chi connectivity index (χ3v) is 4.70. The van der Waals surface area contributed by atoms with E-state index >= 15 is 0 Å². The van der Waals surface area contributed by atoms with E-state index in [4.69, 9.17) is 0 Å². The van der Waals surface area contributed by atoms with Gasteiger partial charge in [-0.05, 0) is 35.0 Å². The van der Waals surface area contributed by atoms with E-state index in [1.165, 1.54) is 0 Å². The molecular formula is C16H18BrN7. The number of piperazine rings is 1. The Hall–Kier alpha value is -2.06. The van der Waals surface area contributed by atoms with Crippen molar-refractivity contribution in [3.63, 3.8) is 0 Å². The van der Waals surface area contributed by atoms with Gasteiger partial charge in [-0.3, -0.25) is 9.88 Å². The highest BCUT2D eigenvalue weighted by Gasteiger charge is 2.20. The lowest BCUT2D eigenvalue weighted by molar-refractivity contribution is 0.246. The van der Waals surface area contributed by atoms with Crippen LogP contribution in [0.25, 0.3) is 5.78 Å². The maximum absolute atomic E-state index is 4.46. The molecule has 4 heterocycles. The molecule has 0 aromatic carbocycles. The zero-order valence-corrected chi connectivity index (χ0v) is 15.0. The molecule has 24 heavy (non-hydrogen) atoms. The van der Waals surface area contributed by atoms with Gasteiger partial charge in [0.25, 0.3) is 5.78 Å². The van der Waals surface area contributed by atoms with Gasteiger partial charge in [-0.15, -0.1) is 0 Å². The number of hydrogen-bond acceptors (Lipinski definition) is 6. The lowest BCUT2D eigenvalue weighted by Crippen LogP contribution is -2.46. The molecule has 1 aliphatic heterocycles. The van der Waals surface area contributed by atoms with Gasteiger partial charge in [-0.25, -0.2) is 4.98 Å². The Kier molecular flexibility index (Phi) is 4.15. The monoisotopic (exact) mass is 387 g/mol. The first-order valence-corrected chi connectivity index (χ1v) is 8.73. The highest BCUT2D eigenvalue weighted by Crippen LogP contribution is 2.18. The normalized spacial score (nSPS) is 16.0. The Morgan fingerprint density at radius 1 is 1.12 bits per heavy atom. The molecule has 124 valence electrons. The average molecular weight is 388 g/mol. The molecule has 1 saturated heterocycles. The van der Waals surface area contributed by atoms with Gasteiger partial charge in [0, 0.05) is 55.2 Å². The van der Waals surface area contributed by atoms with Gasteiger partial charge >= 0.3 is 0 Å². The fourth-order valence-electron chi connectivity index (χ4n) is 3.00. The number of anilines is 1. The molecule has 4 rings (SSSR count). The van der Waals surface area contributed by atoms with Crippen LogP contribution >= 0.6 is 15.9 Å². The van der Waals surface area contributed by atoms with Crippen molar-refractivity contribution in [1.82, 2.24) is 29.5 Å². The zero-order chi connectivity index (χ0) is 16.5. The number of fused-ring (bicyclic) bond motifs is 1. The number of pyridine rings is 1. The van der Waals surface area contributed by atoms with Crippen LogP contribution in [-0.4, -0.2) is 55.6 Å². The standard InChI is InChI=1S/C16H18BrN7/c1-12-8-15(24-16(21-12)19-11-20-24)23-6-4-22(5-7-23)10-14-3-2-13(17)9-18-14/h2-3,8-9,11H,4-7,10H2,1H3. The number of aromatic nitrogens is 5. The first-order chi connectivity index (χ1) is 11.7. The number of halogens is 1. The molecule has 7 nitrogen and oxygen atoms in total. The fourth-order valence-corrected chi connectivity index (χ4v) is 3.24. The largest absolute Gasteiger partial charge is 0.354 e. The van der Waals surface area contributed by atoms with Crippen LogP contribution < -0.4 is 4.90 Å². The average Bonchev–Trinajstić information content (AvgIpc) is 3.05. The van der Waals surface area contributed by atoms with Crippen LogP contribution in [0.4, 0.5) is 5.82 Å². The van der Waals surface area contributed by atoms with E-state index in [1.54, 1.807) is 6.33 Å². The van der Waals surface area contributed by atoms with Crippen LogP contribution in [-0.2, 0) is 6.54 Å². The molecule has 0 saturated carbocycles. The van der Waals surface area contributed by atoms with E-state index in [0.717, 1.165) is 54.4 Å². The minimum atomic E-state index is 0.659. The molecule has 1 aliphatic rings. The number of hydrogen-bond donors (Lipinski definition) is 0. The molecule has 8 heteroatoms. The van der Waals surface area contributed by atoms with Gasteiger partial charge in [0.15, 0.2) is 0 Å². The summed E-state index contributed by atoms with van der Waals surface area (Å²) in [6, 6.07) is 6.19. The van der Waals surface area contributed by atoms with Crippen molar-refractivity contribution in [2.24, 2.45) is 0 Å². The van der Waals surface area contributed by atoms with Crippen molar-refractivity contribution < 1.29 is 0 Å². The predicted octanol–water partition coefficient (Wildman–Crippen LogP) is 1.91. The highest BCUT2D eigenvalue weighted by atomic mass is 79.9. The maximum Gasteiger partial charge on any atom is 0.254 e. The van der Waals surface area contributed by atoms with E-state index in [9.17, 15) is 0 Å². The van der Waals surface area contributed by atoms with Crippen molar-refractivity contribution in [3.05, 3.63) is 46.6 Å². The van der Waals surface area contributed by atoms with Crippen molar-refractivity contribution >= 4 is 27.5 Å². The van der Waals surface area contributed by atoms with E-state index in [1.807, 2.05) is 23.7 Å². The smallest absolute Gasteiger partial charge is 0.254 e. The lowest BCUT2D eigenvalue weighted by atomic mass is 10.2. The van der Waals surface area contributed by atoms with Gasteiger partial charge < -0.3 is 4.90 Å². The second-order valence-corrected chi connectivity index (χ2v) is 6.87. The Bertz CT molecular complexity index is 837. The topological polar surface area (TPSA) is 62.5 Å². The molecule has 1 fully saturated rings. The predicted molar refractivity (Wildman–Crippen MR) is 94.9 cm³/mol. The molecule has 3 aromatic heterocycles. The van der Waals surface area contributed by atoms with Crippen LogP contribution in [0.1, 0.15) is 11.4 Å². The van der Waals surface area contributed by atoms with Crippen LogP contribution in [0.15, 0.2) is 35.2 Å². The summed E-state index contributed by atoms with van der Waals surface area (Å²) in [5, 5.41) is 4.30. The number of aryl methyl sites for hydroxylation is 1. The molecular weight excluding hydrogens is 370 g/mol. The second-order valence-electron chi connectivity index (χ2n) is 5.96. The van der Waals surface area contributed by atoms with E-state index < -0.39 is 0 Å². The number of nitrogens with zero attached hydrogens (tertiary/aromatic N) is 7. The quantitative estimate of drug-likeness (QED) is 0.683. The summed E-state index contributed by atoms with van der Waals surface area (Å²) in [7, 11) is 0. The van der Waals surface area contributed by atoms with E-state index in [2.05, 4.69) is 57.9 Å². The zero-order valence-electron chi connectivity index (χ0n) is 13.4. The SMILES string of the molecule is Cc1cc(N2CCN(Cc3ccc(Br)cn3)CC2)n2ncnc2n1. The molecule has 0 radical (unpaired) electrons. The minimum Gasteiger partial charge on any atom is -0.354 e. The van der Waals surface area contributed by atoms with Crippen LogP contribution in [0.3, 0.4) is 0 Å². The Morgan fingerprint density at radius 3 is 2.71 bits per heavy atom. The van der Waals surface area contributed by atoms with E-state index in [-0.39, 0.29) is 0 Å². The molecule has 0 aliphatic carbocycles. The summed E-state index contributed by atoms with van der Waals surface area (Å²) in [5.74, 6) is 1.72. The molecule has 3 aromatic rings. The van der Waals surface area contributed by atoms with Crippen LogP contribution in [0.5, 0.6) is 0 Å². The minimum absolute atomic E-state index is 0.659. The second kappa shape index (κ2) is 6.45. The first kappa shape index (κ1) is 15.5. The molecule has 0 spiro atoms. The van der Waals surface area contributed by atoms with Crippen molar-refractivity contribution in [3.8, 4) is 0 Å². The molecule has 0 amide bonds. The third kappa shape index (κ3) is 3.11. The number of rotatable bonds is 3. The highest BCUT2D eigenvalue weighted by molar-refractivity contribution is 9.10. The molecule has 0 bridgehead atoms. The van der Waals surface area contributed by atoms with Crippen molar-refractivity contribution in [2.45, 2.75) is 13.5 Å². The van der Waals surface area contributed by atoms with E-state index in [0.29, 0.717) is 5.78 Å². The summed E-state index contributed by atoms with van der Waals surface area (Å²) in [6.07, 6.45) is 3.41. The third-order valence-electron chi connectivity index (χ3n) is 4.23. The summed E-state index contributed by atoms with van der Waals surface area (Å²) >= 11 is 3.43. The lowest BCUT2D eigenvalue weighted by Gasteiger charge is -2.35. The Balaban J connectivity index is 1.45. The van der Waals surface area contributed by atoms with Gasteiger partial charge in [-0.1, -0.05) is 0 Å². The maximum atomic E-state index is 4.46. The van der Waals surface area contributed by atoms with Gasteiger partial charge in [0.1, 0.15) is 12.1 Å². The van der Waals surface area contributed by atoms with Crippen molar-refractivity contribution in [1.29, 1.82) is 0 Å². The van der Waals surface area contributed by atoms with Crippen LogP contribution in [0, 0.1) is 6.92 Å². The summed E-state index contributed by atoms with van der Waals surface area (Å²) in [5.41, 5.74) is 2.07. The summed E-state index contributed by atoms with van der Waals surface area (Å²) in [4.78, 5) is 17.9. The summed E-state index contributed by atoms with van der Waals surface area (Å²) < 4.78 is 2.83.